The Bertz CT molecular complexity index is 406. The quantitative estimate of drug-likeness (QED) is 0.756. The first-order valence-electron chi connectivity index (χ1n) is 4.41. The van der Waals surface area contributed by atoms with Gasteiger partial charge in [0.05, 0.1) is 33.9 Å². The van der Waals surface area contributed by atoms with Crippen LogP contribution >= 0.6 is 10.8 Å². The standard InChI is InChI=1S/C10H10O3S2/c11-15(8-10-4-2-6-13-10)14-7-9-3-1-5-12-9/h1-6H,7-8H2. The van der Waals surface area contributed by atoms with E-state index in [1.54, 1.807) is 18.6 Å². The SMILES string of the molecule is O=S(Cc1ccco1)SCc1ccco1. The van der Waals surface area contributed by atoms with Gasteiger partial charge in [0.25, 0.3) is 0 Å². The molecule has 0 fully saturated rings. The molecule has 5 heteroatoms. The van der Waals surface area contributed by atoms with Crippen LogP contribution in [-0.4, -0.2) is 4.21 Å². The van der Waals surface area contributed by atoms with Crippen molar-refractivity contribution < 1.29 is 13.0 Å². The Hall–Kier alpha value is -0.940. The molecule has 0 aliphatic heterocycles. The molecular weight excluding hydrogens is 232 g/mol. The molecule has 1 unspecified atom stereocenters. The van der Waals surface area contributed by atoms with Crippen molar-refractivity contribution in [2.45, 2.75) is 11.5 Å². The number of rotatable bonds is 5. The highest BCUT2D eigenvalue weighted by atomic mass is 33.1. The Balaban J connectivity index is 1.78. The van der Waals surface area contributed by atoms with Crippen molar-refractivity contribution in [3.05, 3.63) is 48.3 Å². The summed E-state index contributed by atoms with van der Waals surface area (Å²) in [7, 11) is 0.380. The van der Waals surface area contributed by atoms with Gasteiger partial charge in [0.15, 0.2) is 0 Å². The third-order valence-corrected chi connectivity index (χ3v) is 4.43. The van der Waals surface area contributed by atoms with E-state index in [1.807, 2.05) is 18.2 Å². The lowest BCUT2D eigenvalue weighted by Gasteiger charge is -1.97. The van der Waals surface area contributed by atoms with Gasteiger partial charge in [0.2, 0.25) is 0 Å². The second-order valence-corrected chi connectivity index (χ2v) is 6.11. The summed E-state index contributed by atoms with van der Waals surface area (Å²) in [6.07, 6.45) is 3.20. The Morgan fingerprint density at radius 1 is 1.13 bits per heavy atom. The van der Waals surface area contributed by atoms with Gasteiger partial charge >= 0.3 is 0 Å². The van der Waals surface area contributed by atoms with Crippen LogP contribution in [0.3, 0.4) is 0 Å². The molecule has 0 radical (unpaired) electrons. The largest absolute Gasteiger partial charge is 0.468 e. The normalized spacial score (nSPS) is 12.8. The van der Waals surface area contributed by atoms with E-state index in [0.29, 0.717) is 11.5 Å². The van der Waals surface area contributed by atoms with E-state index in [-0.39, 0.29) is 0 Å². The third-order valence-electron chi connectivity index (χ3n) is 1.75. The molecule has 80 valence electrons. The molecule has 1 atom stereocenters. The maximum absolute atomic E-state index is 11.6. The van der Waals surface area contributed by atoms with Gasteiger partial charge in [-0.2, -0.15) is 0 Å². The van der Waals surface area contributed by atoms with Crippen LogP contribution in [0.1, 0.15) is 11.5 Å². The van der Waals surface area contributed by atoms with E-state index >= 15 is 0 Å². The average molecular weight is 242 g/mol. The minimum atomic E-state index is -0.971. The van der Waals surface area contributed by atoms with Gasteiger partial charge in [-0.1, -0.05) is 10.8 Å². The first kappa shape index (κ1) is 10.6. The van der Waals surface area contributed by atoms with Crippen molar-refractivity contribution in [3.8, 4) is 0 Å². The summed E-state index contributed by atoms with van der Waals surface area (Å²) in [5, 5.41) is 0. The Morgan fingerprint density at radius 2 is 1.80 bits per heavy atom. The molecule has 3 nitrogen and oxygen atoms in total. The smallest absolute Gasteiger partial charge is 0.117 e. The molecule has 0 aliphatic rings. The van der Waals surface area contributed by atoms with Crippen LogP contribution in [0.15, 0.2) is 45.6 Å². The lowest BCUT2D eigenvalue weighted by molar-refractivity contribution is 0.528. The summed E-state index contributed by atoms with van der Waals surface area (Å²) in [5.41, 5.74) is 0. The van der Waals surface area contributed by atoms with Gasteiger partial charge in [-0.25, -0.2) is 4.21 Å². The average Bonchev–Trinajstić information content (AvgIpc) is 2.86. The lowest BCUT2D eigenvalue weighted by Crippen LogP contribution is -1.89. The molecule has 15 heavy (non-hydrogen) atoms. The van der Waals surface area contributed by atoms with Crippen LogP contribution in [0.2, 0.25) is 0 Å². The Morgan fingerprint density at radius 3 is 2.40 bits per heavy atom. The van der Waals surface area contributed by atoms with Gasteiger partial charge in [0.1, 0.15) is 11.5 Å². The molecule has 0 N–H and O–H groups in total. The molecule has 0 saturated carbocycles. The molecule has 0 amide bonds. The monoisotopic (exact) mass is 242 g/mol. The Labute approximate surface area is 93.7 Å². The van der Waals surface area contributed by atoms with Gasteiger partial charge in [-0.05, 0) is 24.3 Å². The van der Waals surface area contributed by atoms with Gasteiger partial charge in [-0.15, -0.1) is 0 Å². The zero-order valence-corrected chi connectivity index (χ0v) is 9.55. The maximum Gasteiger partial charge on any atom is 0.117 e. The summed E-state index contributed by atoms with van der Waals surface area (Å²) >= 11 is 0. The van der Waals surface area contributed by atoms with Crippen molar-refractivity contribution in [1.82, 2.24) is 0 Å². The van der Waals surface area contributed by atoms with E-state index in [9.17, 15) is 4.21 Å². The highest BCUT2D eigenvalue weighted by molar-refractivity contribution is 8.68. The fourth-order valence-corrected chi connectivity index (χ4v) is 3.30. The summed E-state index contributed by atoms with van der Waals surface area (Å²) < 4.78 is 21.8. The highest BCUT2D eigenvalue weighted by Gasteiger charge is 2.06. The van der Waals surface area contributed by atoms with E-state index in [4.69, 9.17) is 8.83 Å². The number of hydrogen-bond donors (Lipinski definition) is 0. The second kappa shape index (κ2) is 5.23. The van der Waals surface area contributed by atoms with Crippen molar-refractivity contribution in [2.75, 3.05) is 0 Å². The predicted molar refractivity (Wildman–Crippen MR) is 60.6 cm³/mol. The minimum Gasteiger partial charge on any atom is -0.468 e. The molecule has 0 bridgehead atoms. The van der Waals surface area contributed by atoms with Crippen molar-refractivity contribution in [1.29, 1.82) is 0 Å². The van der Waals surface area contributed by atoms with Crippen LogP contribution in [0.5, 0.6) is 0 Å². The van der Waals surface area contributed by atoms with Gasteiger partial charge in [0, 0.05) is 0 Å². The maximum atomic E-state index is 11.6. The van der Waals surface area contributed by atoms with Crippen molar-refractivity contribution in [2.24, 2.45) is 0 Å². The fourth-order valence-electron chi connectivity index (χ4n) is 1.07. The second-order valence-electron chi connectivity index (χ2n) is 2.87. The van der Waals surface area contributed by atoms with Gasteiger partial charge in [-0.3, -0.25) is 0 Å². The van der Waals surface area contributed by atoms with Gasteiger partial charge < -0.3 is 8.83 Å². The molecule has 2 heterocycles. The zero-order valence-electron chi connectivity index (χ0n) is 7.92. The molecule has 2 aromatic rings. The molecule has 2 aromatic heterocycles. The first-order chi connectivity index (χ1) is 7.34. The molecule has 0 spiro atoms. The summed E-state index contributed by atoms with van der Waals surface area (Å²) in [6, 6.07) is 7.32. The molecule has 2 rings (SSSR count). The van der Waals surface area contributed by atoms with E-state index in [0.717, 1.165) is 11.5 Å². The molecule has 0 saturated heterocycles. The zero-order chi connectivity index (χ0) is 10.5. The predicted octanol–water partition coefficient (Wildman–Crippen LogP) is 2.97. The molecule has 0 aromatic carbocycles. The summed E-state index contributed by atoms with van der Waals surface area (Å²) in [4.78, 5) is 0. The van der Waals surface area contributed by atoms with E-state index < -0.39 is 9.83 Å². The molecular formula is C10H10O3S2. The first-order valence-corrected chi connectivity index (χ1v) is 7.23. The van der Waals surface area contributed by atoms with E-state index in [1.165, 1.54) is 10.8 Å². The van der Waals surface area contributed by atoms with Crippen LogP contribution in [0.4, 0.5) is 0 Å². The fraction of sp³-hybridized carbons (Fsp3) is 0.200. The minimum absolute atomic E-state index is 0.443. The van der Waals surface area contributed by atoms with Crippen LogP contribution in [0, 0.1) is 0 Å². The van der Waals surface area contributed by atoms with Crippen LogP contribution in [0.25, 0.3) is 0 Å². The van der Waals surface area contributed by atoms with Crippen molar-refractivity contribution in [3.63, 3.8) is 0 Å². The highest BCUT2D eigenvalue weighted by Crippen LogP contribution is 2.19. The number of furan rings is 2. The topological polar surface area (TPSA) is 43.4 Å². The van der Waals surface area contributed by atoms with Crippen molar-refractivity contribution >= 4 is 20.6 Å². The van der Waals surface area contributed by atoms with Crippen LogP contribution < -0.4 is 0 Å². The van der Waals surface area contributed by atoms with E-state index in [2.05, 4.69) is 0 Å². The number of hydrogen-bond acceptors (Lipinski definition) is 4. The summed E-state index contributed by atoms with van der Waals surface area (Å²) in [6.45, 7) is 0. The Kier molecular flexibility index (Phi) is 3.69. The summed E-state index contributed by atoms with van der Waals surface area (Å²) in [5.74, 6) is 2.66. The third kappa shape index (κ3) is 3.28. The molecule has 0 aliphatic carbocycles. The lowest BCUT2D eigenvalue weighted by atomic mass is 10.5. The van der Waals surface area contributed by atoms with Crippen LogP contribution in [-0.2, 0) is 21.3 Å².